The summed E-state index contributed by atoms with van der Waals surface area (Å²) in [4.78, 5) is 51.7. The van der Waals surface area contributed by atoms with Gasteiger partial charge in [-0.15, -0.1) is 0 Å². The summed E-state index contributed by atoms with van der Waals surface area (Å²) in [5, 5.41) is 5.65. The van der Waals surface area contributed by atoms with Crippen LogP contribution in [-0.2, 0) is 19.1 Å². The molecule has 8 nitrogen and oxygen atoms in total. The first-order chi connectivity index (χ1) is 13.3. The number of nitrogens with zero attached hydrogens (tertiary/aromatic N) is 1. The van der Waals surface area contributed by atoms with Crippen LogP contribution in [-0.4, -0.2) is 52.9 Å². The lowest BCUT2D eigenvalue weighted by Crippen LogP contribution is -2.58. The van der Waals surface area contributed by atoms with E-state index in [1.807, 2.05) is 6.92 Å². The van der Waals surface area contributed by atoms with Gasteiger partial charge in [-0.2, -0.15) is 0 Å². The molecule has 0 aromatic carbocycles. The van der Waals surface area contributed by atoms with Gasteiger partial charge in [-0.25, -0.2) is 9.59 Å². The minimum Gasteiger partial charge on any atom is -0.464 e. The number of ether oxygens (including phenoxy) is 1. The Hall–Kier alpha value is -2.12. The van der Waals surface area contributed by atoms with Crippen molar-refractivity contribution in [2.24, 2.45) is 5.92 Å². The zero-order valence-electron chi connectivity index (χ0n) is 16.8. The molecule has 1 spiro atoms. The van der Waals surface area contributed by atoms with Crippen LogP contribution in [0.1, 0.15) is 71.6 Å². The fraction of sp³-hybridized carbons (Fsp3) is 0.800. The first-order valence-electron chi connectivity index (χ1n) is 10.5. The third kappa shape index (κ3) is 3.61. The topological polar surface area (TPSA) is 105 Å². The predicted octanol–water partition coefficient (Wildman–Crippen LogP) is 1.87. The highest BCUT2D eigenvalue weighted by Crippen LogP contribution is 2.38. The van der Waals surface area contributed by atoms with Gasteiger partial charge in [0.05, 0.1) is 6.61 Å². The quantitative estimate of drug-likeness (QED) is 0.548. The molecule has 8 heteroatoms. The molecule has 0 radical (unpaired) electrons. The molecule has 2 unspecified atom stereocenters. The average Bonchev–Trinajstić information content (AvgIpc) is 2.90. The van der Waals surface area contributed by atoms with Crippen LogP contribution in [0, 0.1) is 5.92 Å². The summed E-state index contributed by atoms with van der Waals surface area (Å²) in [5.41, 5.74) is -1.94. The first-order valence-corrected chi connectivity index (χ1v) is 10.5. The second kappa shape index (κ2) is 8.09. The molecule has 28 heavy (non-hydrogen) atoms. The molecule has 2 saturated carbocycles. The van der Waals surface area contributed by atoms with Gasteiger partial charge in [0.15, 0.2) is 0 Å². The highest BCUT2D eigenvalue weighted by atomic mass is 16.5. The van der Waals surface area contributed by atoms with Gasteiger partial charge in [0.2, 0.25) is 5.91 Å². The zero-order valence-corrected chi connectivity index (χ0v) is 16.8. The van der Waals surface area contributed by atoms with E-state index in [-0.39, 0.29) is 25.0 Å². The van der Waals surface area contributed by atoms with Crippen LogP contribution in [0.25, 0.3) is 0 Å². The van der Waals surface area contributed by atoms with Gasteiger partial charge >= 0.3 is 12.0 Å². The summed E-state index contributed by atoms with van der Waals surface area (Å²) in [5.74, 6) is -1.22. The molecule has 3 rings (SSSR count). The molecular formula is C20H31N3O5. The van der Waals surface area contributed by atoms with Gasteiger partial charge in [-0.05, 0) is 38.5 Å². The summed E-state index contributed by atoms with van der Waals surface area (Å²) < 4.78 is 5.19. The van der Waals surface area contributed by atoms with Crippen LogP contribution in [0.4, 0.5) is 4.79 Å². The number of hydrogen-bond acceptors (Lipinski definition) is 5. The summed E-state index contributed by atoms with van der Waals surface area (Å²) >= 11 is 0. The highest BCUT2D eigenvalue weighted by Gasteiger charge is 2.55. The fourth-order valence-electron chi connectivity index (χ4n) is 4.89. The van der Waals surface area contributed by atoms with Crippen LogP contribution in [0.2, 0.25) is 0 Å². The van der Waals surface area contributed by atoms with Gasteiger partial charge in [0.1, 0.15) is 17.6 Å². The van der Waals surface area contributed by atoms with Crippen LogP contribution >= 0.6 is 0 Å². The number of urea groups is 1. The number of imide groups is 1. The maximum absolute atomic E-state index is 13.0. The Morgan fingerprint density at radius 3 is 2.46 bits per heavy atom. The van der Waals surface area contributed by atoms with Gasteiger partial charge in [-0.3, -0.25) is 14.5 Å². The van der Waals surface area contributed by atoms with Crippen molar-refractivity contribution in [1.29, 1.82) is 0 Å². The maximum Gasteiger partial charge on any atom is 0.331 e. The van der Waals surface area contributed by atoms with E-state index in [9.17, 15) is 19.2 Å². The molecule has 0 aromatic heterocycles. The van der Waals surface area contributed by atoms with E-state index >= 15 is 0 Å². The van der Waals surface area contributed by atoms with E-state index in [4.69, 9.17) is 4.74 Å². The smallest absolute Gasteiger partial charge is 0.331 e. The van der Waals surface area contributed by atoms with Crippen molar-refractivity contribution in [3.8, 4) is 0 Å². The standard InChI is InChI=1S/C20H31N3O5/c1-3-28-17(26)19(10-6-4-7-11-19)21-15(24)13-23-16(25)20(22-18(23)27)12-8-5-9-14(20)2/h14H,3-13H2,1-2H3,(H,21,24)(H,22,27). The van der Waals surface area contributed by atoms with Gasteiger partial charge in [0, 0.05) is 0 Å². The Labute approximate surface area is 165 Å². The number of esters is 1. The minimum atomic E-state index is -1.06. The highest BCUT2D eigenvalue weighted by molar-refractivity contribution is 6.09. The van der Waals surface area contributed by atoms with Crippen molar-refractivity contribution >= 4 is 23.8 Å². The molecule has 3 fully saturated rings. The second-order valence-corrected chi connectivity index (χ2v) is 8.35. The molecule has 3 aliphatic rings. The largest absolute Gasteiger partial charge is 0.464 e. The second-order valence-electron chi connectivity index (χ2n) is 8.35. The molecule has 2 N–H and O–H groups in total. The molecule has 1 heterocycles. The van der Waals surface area contributed by atoms with Gasteiger partial charge in [0.25, 0.3) is 5.91 Å². The maximum atomic E-state index is 13.0. The van der Waals surface area contributed by atoms with Crippen LogP contribution in [0.5, 0.6) is 0 Å². The molecule has 0 bridgehead atoms. The Balaban J connectivity index is 1.70. The monoisotopic (exact) mass is 393 g/mol. The summed E-state index contributed by atoms with van der Waals surface area (Å²) in [6.45, 7) is 3.57. The third-order valence-electron chi connectivity index (χ3n) is 6.56. The Morgan fingerprint density at radius 2 is 1.82 bits per heavy atom. The van der Waals surface area contributed by atoms with E-state index in [2.05, 4.69) is 10.6 Å². The van der Waals surface area contributed by atoms with Crippen molar-refractivity contribution in [1.82, 2.24) is 15.5 Å². The Bertz CT molecular complexity index is 658. The SMILES string of the molecule is CCOC(=O)C1(NC(=O)CN2C(=O)NC3(CCCCC3C)C2=O)CCCCC1. The normalized spacial score (nSPS) is 29.5. The number of amides is 4. The minimum absolute atomic E-state index is 0.0370. The zero-order chi connectivity index (χ0) is 20.4. The average molecular weight is 393 g/mol. The third-order valence-corrected chi connectivity index (χ3v) is 6.56. The molecule has 156 valence electrons. The molecule has 2 aliphatic carbocycles. The summed E-state index contributed by atoms with van der Waals surface area (Å²) in [6, 6.07) is -0.525. The van der Waals surface area contributed by atoms with Crippen LogP contribution in [0.3, 0.4) is 0 Å². The van der Waals surface area contributed by atoms with Gasteiger partial charge < -0.3 is 15.4 Å². The lowest BCUT2D eigenvalue weighted by Gasteiger charge is -2.37. The Morgan fingerprint density at radius 1 is 1.14 bits per heavy atom. The molecule has 4 amide bonds. The number of nitrogens with one attached hydrogen (secondary N) is 2. The van der Waals surface area contributed by atoms with E-state index in [1.54, 1.807) is 6.92 Å². The van der Waals surface area contributed by atoms with E-state index in [0.717, 1.165) is 43.4 Å². The van der Waals surface area contributed by atoms with Crippen molar-refractivity contribution < 1.29 is 23.9 Å². The molecule has 0 aromatic rings. The number of hydrogen-bond donors (Lipinski definition) is 2. The molecule has 1 saturated heterocycles. The molecular weight excluding hydrogens is 362 g/mol. The van der Waals surface area contributed by atoms with Crippen molar-refractivity contribution in [3.63, 3.8) is 0 Å². The van der Waals surface area contributed by atoms with E-state index in [1.165, 1.54) is 0 Å². The lowest BCUT2D eigenvalue weighted by molar-refractivity contribution is -0.155. The lowest BCUT2D eigenvalue weighted by atomic mass is 9.73. The molecule has 1 aliphatic heterocycles. The summed E-state index contributed by atoms with van der Waals surface area (Å²) in [7, 11) is 0. The van der Waals surface area contributed by atoms with E-state index in [0.29, 0.717) is 19.3 Å². The fourth-order valence-corrected chi connectivity index (χ4v) is 4.89. The van der Waals surface area contributed by atoms with Crippen molar-refractivity contribution in [2.45, 2.75) is 82.7 Å². The van der Waals surface area contributed by atoms with Crippen LogP contribution < -0.4 is 10.6 Å². The summed E-state index contributed by atoms with van der Waals surface area (Å²) in [6.07, 6.45) is 7.06. The number of carbonyl (C=O) groups excluding carboxylic acids is 4. The van der Waals surface area contributed by atoms with Gasteiger partial charge in [-0.1, -0.05) is 39.0 Å². The first kappa shape index (κ1) is 20.6. The molecule has 2 atom stereocenters. The van der Waals surface area contributed by atoms with Crippen molar-refractivity contribution in [3.05, 3.63) is 0 Å². The Kier molecular flexibility index (Phi) is 5.95. The number of rotatable bonds is 5. The number of carbonyl (C=O) groups is 4. The van der Waals surface area contributed by atoms with Crippen LogP contribution in [0.15, 0.2) is 0 Å². The van der Waals surface area contributed by atoms with Crippen molar-refractivity contribution in [2.75, 3.05) is 13.2 Å². The van der Waals surface area contributed by atoms with E-state index < -0.39 is 29.0 Å². The predicted molar refractivity (Wildman–Crippen MR) is 101 cm³/mol.